The van der Waals surface area contributed by atoms with Gasteiger partial charge in [-0.3, -0.25) is 0 Å². The number of benzene rings is 1. The Hall–Kier alpha value is -1.02. The van der Waals surface area contributed by atoms with Gasteiger partial charge in [0.1, 0.15) is 12.4 Å². The second-order valence-corrected chi connectivity index (χ2v) is 2.84. The maximum absolute atomic E-state index is 5.42. The third-order valence-corrected chi connectivity index (χ3v) is 1.89. The average Bonchev–Trinajstić information content (AvgIpc) is 2.19. The Bertz CT molecular complexity index is 229. The fourth-order valence-electron chi connectivity index (χ4n) is 1.06. The molecule has 1 aromatic rings. The monoisotopic (exact) mass is 244 g/mol. The van der Waals surface area contributed by atoms with Crippen molar-refractivity contribution in [2.45, 2.75) is 43.1 Å². The summed E-state index contributed by atoms with van der Waals surface area (Å²) in [5.74, 6) is 0.911. The van der Waals surface area contributed by atoms with Gasteiger partial charge in [-0.2, -0.15) is 0 Å². The van der Waals surface area contributed by atoms with Crippen molar-refractivity contribution in [3.8, 4) is 5.75 Å². The van der Waals surface area contributed by atoms with Crippen molar-refractivity contribution in [1.29, 1.82) is 0 Å². The zero-order valence-electron chi connectivity index (χ0n) is 8.25. The molecule has 1 aromatic carbocycles. The third-order valence-electron chi connectivity index (χ3n) is 1.89. The minimum Gasteiger partial charge on any atom is -0.491 e. The molecule has 0 spiro atoms. The van der Waals surface area contributed by atoms with E-state index in [1.165, 1.54) is 5.56 Å². The summed E-state index contributed by atoms with van der Waals surface area (Å²) in [4.78, 5) is 0. The fraction of sp³-hybridized carbons (Fsp3) is 0.600. The first-order chi connectivity index (χ1) is 6.36. The third kappa shape index (κ3) is 9.88. The summed E-state index contributed by atoms with van der Waals surface area (Å²) in [7, 11) is 1.67. The number of hydrogen-bond donors (Lipinski definition) is 0. The molecular formula is C15H32O2. The molecule has 0 amide bonds. The van der Waals surface area contributed by atoms with E-state index in [0.717, 1.165) is 12.2 Å². The van der Waals surface area contributed by atoms with Gasteiger partial charge in [0, 0.05) is 7.11 Å². The molecule has 0 aliphatic carbocycles. The highest BCUT2D eigenvalue weighted by atomic mass is 16.5. The summed E-state index contributed by atoms with van der Waals surface area (Å²) < 4.78 is 10.3. The van der Waals surface area contributed by atoms with Crippen LogP contribution in [-0.4, -0.2) is 20.3 Å². The van der Waals surface area contributed by atoms with E-state index >= 15 is 0 Å². The minimum atomic E-state index is 0. The molecule has 0 bridgehead atoms. The van der Waals surface area contributed by atoms with Gasteiger partial charge in [-0.1, -0.05) is 48.8 Å². The van der Waals surface area contributed by atoms with Crippen LogP contribution >= 0.6 is 0 Å². The van der Waals surface area contributed by atoms with Crippen molar-refractivity contribution in [3.63, 3.8) is 0 Å². The number of ether oxygens (including phenoxy) is 2. The van der Waals surface area contributed by atoms with Gasteiger partial charge in [-0.05, 0) is 24.1 Å². The zero-order chi connectivity index (χ0) is 9.52. The van der Waals surface area contributed by atoms with E-state index in [9.17, 15) is 0 Å². The Morgan fingerprint density at radius 1 is 0.882 bits per heavy atom. The summed E-state index contributed by atoms with van der Waals surface area (Å²) in [6.07, 6.45) is 1.07. The lowest BCUT2D eigenvalue weighted by molar-refractivity contribution is 0.146. The molecule has 0 aliphatic heterocycles. The molecule has 0 saturated carbocycles. The van der Waals surface area contributed by atoms with Crippen molar-refractivity contribution in [1.82, 2.24) is 0 Å². The van der Waals surface area contributed by atoms with Crippen molar-refractivity contribution in [2.24, 2.45) is 0 Å². The van der Waals surface area contributed by atoms with Crippen LogP contribution in [0.4, 0.5) is 0 Å². The number of methoxy groups -OCH3 is 1. The summed E-state index contributed by atoms with van der Waals surface area (Å²) in [6.45, 7) is 3.39. The Labute approximate surface area is 109 Å². The molecule has 0 N–H and O–H groups in total. The molecule has 0 fully saturated rings. The van der Waals surface area contributed by atoms with Crippen LogP contribution in [-0.2, 0) is 11.2 Å². The lowest BCUT2D eigenvalue weighted by Gasteiger charge is -2.05. The summed E-state index contributed by atoms with van der Waals surface area (Å²) in [5, 5.41) is 0. The van der Waals surface area contributed by atoms with Crippen LogP contribution in [0.25, 0.3) is 0 Å². The maximum Gasteiger partial charge on any atom is 0.119 e. The zero-order valence-corrected chi connectivity index (χ0v) is 8.25. The molecular weight excluding hydrogens is 212 g/mol. The van der Waals surface area contributed by atoms with Crippen molar-refractivity contribution in [2.75, 3.05) is 20.3 Å². The van der Waals surface area contributed by atoms with E-state index in [4.69, 9.17) is 9.47 Å². The molecule has 0 aliphatic rings. The molecule has 0 radical (unpaired) electrons. The van der Waals surface area contributed by atoms with E-state index in [1.807, 2.05) is 12.1 Å². The second-order valence-electron chi connectivity index (χ2n) is 2.84. The van der Waals surface area contributed by atoms with E-state index in [1.54, 1.807) is 7.11 Å². The van der Waals surface area contributed by atoms with Gasteiger partial charge < -0.3 is 9.47 Å². The SMILES string of the molecule is C.C.C.C.CCc1ccc(OCCOC)cc1. The van der Waals surface area contributed by atoms with Gasteiger partial charge in [0.25, 0.3) is 0 Å². The topological polar surface area (TPSA) is 18.5 Å². The molecule has 0 unspecified atom stereocenters. The Morgan fingerprint density at radius 2 is 1.41 bits per heavy atom. The standard InChI is InChI=1S/C11H16O2.4CH4/c1-3-10-4-6-11(7-5-10)13-9-8-12-2;;;;/h4-7H,3,8-9H2,1-2H3;4*1H4. The lowest BCUT2D eigenvalue weighted by Crippen LogP contribution is -2.03. The van der Waals surface area contributed by atoms with Crippen LogP contribution in [0.5, 0.6) is 5.75 Å². The minimum absolute atomic E-state index is 0. The molecule has 1 rings (SSSR count). The molecule has 0 atom stereocenters. The predicted octanol–water partition coefficient (Wildman–Crippen LogP) is 4.82. The maximum atomic E-state index is 5.42. The molecule has 0 heterocycles. The first kappa shape index (κ1) is 25.0. The highest BCUT2D eigenvalue weighted by molar-refractivity contribution is 5.27. The largest absolute Gasteiger partial charge is 0.491 e. The molecule has 17 heavy (non-hydrogen) atoms. The van der Waals surface area contributed by atoms with E-state index < -0.39 is 0 Å². The Kier molecular flexibility index (Phi) is 22.0. The highest BCUT2D eigenvalue weighted by Gasteiger charge is 1.93. The summed E-state index contributed by atoms with van der Waals surface area (Å²) >= 11 is 0. The fourth-order valence-corrected chi connectivity index (χ4v) is 1.06. The van der Waals surface area contributed by atoms with Crippen LogP contribution in [0.2, 0.25) is 0 Å². The van der Waals surface area contributed by atoms with Gasteiger partial charge in [-0.15, -0.1) is 0 Å². The molecule has 104 valence electrons. The quantitative estimate of drug-likeness (QED) is 0.691. The Morgan fingerprint density at radius 3 is 1.82 bits per heavy atom. The van der Waals surface area contributed by atoms with E-state index in [-0.39, 0.29) is 29.7 Å². The van der Waals surface area contributed by atoms with Gasteiger partial charge in [0.2, 0.25) is 0 Å². The Balaban J connectivity index is -0.000000211. The van der Waals surface area contributed by atoms with E-state index in [2.05, 4.69) is 19.1 Å². The van der Waals surface area contributed by atoms with E-state index in [0.29, 0.717) is 13.2 Å². The van der Waals surface area contributed by atoms with Gasteiger partial charge >= 0.3 is 0 Å². The lowest BCUT2D eigenvalue weighted by atomic mass is 10.2. The second kappa shape index (κ2) is 15.0. The van der Waals surface area contributed by atoms with Crippen LogP contribution in [0.15, 0.2) is 24.3 Å². The van der Waals surface area contributed by atoms with Crippen molar-refractivity contribution in [3.05, 3.63) is 29.8 Å². The number of aryl methyl sites for hydroxylation is 1. The molecule has 2 nitrogen and oxygen atoms in total. The predicted molar refractivity (Wildman–Crippen MR) is 80.1 cm³/mol. The van der Waals surface area contributed by atoms with Crippen LogP contribution in [0, 0.1) is 0 Å². The first-order valence-corrected chi connectivity index (χ1v) is 4.57. The van der Waals surface area contributed by atoms with Crippen LogP contribution < -0.4 is 4.74 Å². The van der Waals surface area contributed by atoms with Crippen molar-refractivity contribution < 1.29 is 9.47 Å². The summed E-state index contributed by atoms with van der Waals surface area (Å²) in [6, 6.07) is 8.16. The summed E-state index contributed by atoms with van der Waals surface area (Å²) in [5.41, 5.74) is 1.33. The van der Waals surface area contributed by atoms with Gasteiger partial charge in [0.15, 0.2) is 0 Å². The molecule has 2 heteroatoms. The van der Waals surface area contributed by atoms with Crippen LogP contribution in [0.3, 0.4) is 0 Å². The smallest absolute Gasteiger partial charge is 0.119 e. The molecule has 0 aromatic heterocycles. The van der Waals surface area contributed by atoms with Crippen molar-refractivity contribution >= 4 is 0 Å². The number of hydrogen-bond acceptors (Lipinski definition) is 2. The van der Waals surface area contributed by atoms with Gasteiger partial charge in [-0.25, -0.2) is 0 Å². The highest BCUT2D eigenvalue weighted by Crippen LogP contribution is 2.11. The van der Waals surface area contributed by atoms with Crippen LogP contribution in [0.1, 0.15) is 42.2 Å². The normalized spacial score (nSPS) is 7.65. The first-order valence-electron chi connectivity index (χ1n) is 4.57. The average molecular weight is 244 g/mol. The van der Waals surface area contributed by atoms with Gasteiger partial charge in [0.05, 0.1) is 6.61 Å². The number of rotatable bonds is 5. The molecule has 0 saturated heterocycles.